The van der Waals surface area contributed by atoms with Gasteiger partial charge >= 0.3 is 17.9 Å². The molecular formula is C28H49N5O10S. The molecule has 4 atom stereocenters. The highest BCUT2D eigenvalue weighted by molar-refractivity contribution is 7.99. The third-order valence-corrected chi connectivity index (χ3v) is 7.68. The van der Waals surface area contributed by atoms with Crippen LogP contribution in [0.1, 0.15) is 90.9 Å². The molecule has 15 nitrogen and oxygen atoms in total. The average molecular weight is 648 g/mol. The minimum atomic E-state index is -1.47. The molecule has 4 amide bonds. The first-order valence-electron chi connectivity index (χ1n) is 15.0. The first-order valence-corrected chi connectivity index (χ1v) is 16.1. The predicted octanol–water partition coefficient (Wildman–Crippen LogP) is 0.592. The fourth-order valence-corrected chi connectivity index (χ4v) is 4.93. The van der Waals surface area contributed by atoms with Crippen molar-refractivity contribution in [2.45, 2.75) is 115 Å². The Bertz CT molecular complexity index is 952. The molecule has 0 spiro atoms. The third-order valence-electron chi connectivity index (χ3n) is 6.52. The molecule has 0 aliphatic rings. The topological polar surface area (TPSA) is 254 Å². The van der Waals surface area contributed by atoms with Gasteiger partial charge in [-0.1, -0.05) is 58.3 Å². The van der Waals surface area contributed by atoms with Crippen LogP contribution >= 0.6 is 11.8 Å². The van der Waals surface area contributed by atoms with Gasteiger partial charge in [-0.15, -0.1) is 0 Å². The number of carbonyl (C=O) groups excluding carboxylic acids is 4. The molecule has 0 aromatic carbocycles. The van der Waals surface area contributed by atoms with Gasteiger partial charge in [0.15, 0.2) is 0 Å². The van der Waals surface area contributed by atoms with E-state index in [2.05, 4.69) is 28.2 Å². The van der Waals surface area contributed by atoms with Crippen molar-refractivity contribution in [1.82, 2.24) is 21.3 Å². The van der Waals surface area contributed by atoms with E-state index in [1.54, 1.807) is 0 Å². The first-order chi connectivity index (χ1) is 20.8. The smallest absolute Gasteiger partial charge is 0.326 e. The van der Waals surface area contributed by atoms with Crippen molar-refractivity contribution in [2.75, 3.05) is 18.1 Å². The zero-order valence-corrected chi connectivity index (χ0v) is 26.4. The number of unbranched alkanes of at least 4 members (excludes halogenated alkanes) is 8. The highest BCUT2D eigenvalue weighted by Crippen LogP contribution is 2.11. The zero-order valence-electron chi connectivity index (χ0n) is 25.6. The molecule has 0 saturated heterocycles. The molecule has 9 N–H and O–H groups in total. The quantitative estimate of drug-likeness (QED) is 0.0601. The number of hydrogen-bond donors (Lipinski definition) is 8. The zero-order chi connectivity index (χ0) is 33.5. The molecule has 16 heteroatoms. The van der Waals surface area contributed by atoms with Gasteiger partial charge in [0.25, 0.3) is 0 Å². The van der Waals surface area contributed by atoms with Gasteiger partial charge in [-0.2, -0.15) is 11.8 Å². The van der Waals surface area contributed by atoms with Crippen molar-refractivity contribution in [3.8, 4) is 0 Å². The lowest BCUT2D eigenvalue weighted by Crippen LogP contribution is -2.51. The number of thioether (sulfide) groups is 1. The summed E-state index contributed by atoms with van der Waals surface area (Å²) in [6.45, 7) is 2.88. The molecule has 0 saturated carbocycles. The molecule has 0 aliphatic heterocycles. The highest BCUT2D eigenvalue weighted by atomic mass is 32.2. The first kappa shape index (κ1) is 40.6. The molecule has 0 bridgehead atoms. The van der Waals surface area contributed by atoms with Crippen molar-refractivity contribution in [3.05, 3.63) is 0 Å². The summed E-state index contributed by atoms with van der Waals surface area (Å²) in [4.78, 5) is 83.0. The number of carboxylic acid groups (broad SMARTS) is 3. The predicted molar refractivity (Wildman–Crippen MR) is 164 cm³/mol. The number of nitrogens with two attached hydrogens (primary N) is 1. The largest absolute Gasteiger partial charge is 0.480 e. The Kier molecular flexibility index (Phi) is 22.1. The number of carboxylic acids is 3. The van der Waals surface area contributed by atoms with Crippen LogP contribution in [0.2, 0.25) is 0 Å². The van der Waals surface area contributed by atoms with Crippen LogP contribution < -0.4 is 27.0 Å². The summed E-state index contributed by atoms with van der Waals surface area (Å²) in [7, 11) is 0. The van der Waals surface area contributed by atoms with E-state index in [1.165, 1.54) is 39.0 Å². The van der Waals surface area contributed by atoms with E-state index in [1.807, 2.05) is 0 Å². The molecule has 0 fully saturated rings. The Labute approximate surface area is 262 Å². The Balaban J connectivity index is 4.73. The maximum Gasteiger partial charge on any atom is 0.326 e. The van der Waals surface area contributed by atoms with Gasteiger partial charge in [0.05, 0.1) is 0 Å². The minimum Gasteiger partial charge on any atom is -0.480 e. The molecule has 252 valence electrons. The SMILES string of the molecule is CCCCCCCCCCCC(=O)N[C@@H](C)C(=O)N[C@H](CCC(=O)N[C@H](CSC[C@H](N)C(=O)O)C(=O)NCC(=O)O)C(=O)O. The second kappa shape index (κ2) is 24.0. The van der Waals surface area contributed by atoms with Gasteiger partial charge in [0, 0.05) is 24.3 Å². The second-order valence-corrected chi connectivity index (χ2v) is 11.6. The molecule has 0 aromatic heterocycles. The van der Waals surface area contributed by atoms with E-state index in [0.717, 1.165) is 31.0 Å². The molecule has 0 radical (unpaired) electrons. The van der Waals surface area contributed by atoms with Crippen molar-refractivity contribution in [2.24, 2.45) is 5.73 Å². The fourth-order valence-electron chi connectivity index (χ4n) is 3.92. The number of carbonyl (C=O) groups is 7. The van der Waals surface area contributed by atoms with Crippen LogP contribution in [0.3, 0.4) is 0 Å². The Hall–Kier alpha value is -3.40. The van der Waals surface area contributed by atoms with Crippen LogP contribution in [0.15, 0.2) is 0 Å². The van der Waals surface area contributed by atoms with E-state index in [4.69, 9.17) is 15.9 Å². The lowest BCUT2D eigenvalue weighted by molar-refractivity contribution is -0.142. The normalized spacial score (nSPS) is 13.5. The molecule has 0 rings (SSSR count). The van der Waals surface area contributed by atoms with Crippen molar-refractivity contribution < 1.29 is 48.9 Å². The van der Waals surface area contributed by atoms with Gasteiger partial charge in [-0.3, -0.25) is 28.8 Å². The molecule has 44 heavy (non-hydrogen) atoms. The Morgan fingerprint density at radius 2 is 1.25 bits per heavy atom. The summed E-state index contributed by atoms with van der Waals surface area (Å²) in [6.07, 6.45) is 9.34. The summed E-state index contributed by atoms with van der Waals surface area (Å²) >= 11 is 0.945. The van der Waals surface area contributed by atoms with Gasteiger partial charge in [-0.25, -0.2) is 4.79 Å². The Morgan fingerprint density at radius 3 is 1.80 bits per heavy atom. The van der Waals surface area contributed by atoms with Crippen LogP contribution in [-0.4, -0.2) is 99.1 Å². The van der Waals surface area contributed by atoms with Crippen LogP contribution in [0.5, 0.6) is 0 Å². The van der Waals surface area contributed by atoms with Gasteiger partial charge in [0.1, 0.15) is 30.7 Å². The molecule has 0 aromatic rings. The van der Waals surface area contributed by atoms with E-state index in [-0.39, 0.29) is 30.3 Å². The number of nitrogens with one attached hydrogen (secondary N) is 4. The summed E-state index contributed by atoms with van der Waals surface area (Å²) < 4.78 is 0. The number of hydrogen-bond acceptors (Lipinski definition) is 9. The van der Waals surface area contributed by atoms with Gasteiger partial charge in [-0.05, 0) is 19.8 Å². The second-order valence-electron chi connectivity index (χ2n) is 10.5. The molecule has 0 heterocycles. The van der Waals surface area contributed by atoms with Crippen LogP contribution in [0.25, 0.3) is 0 Å². The van der Waals surface area contributed by atoms with Crippen molar-refractivity contribution in [3.63, 3.8) is 0 Å². The highest BCUT2D eigenvalue weighted by Gasteiger charge is 2.27. The lowest BCUT2D eigenvalue weighted by Gasteiger charge is -2.20. The van der Waals surface area contributed by atoms with Crippen LogP contribution in [0.4, 0.5) is 0 Å². The standard InChI is InChI=1S/C28H49N5O10S/c1-3-4-5-6-7-8-9-10-11-12-22(34)31-18(2)25(38)33-20(28(42)43)13-14-23(35)32-21(26(39)30-15-24(36)37)17-44-16-19(29)27(40)41/h18-21H,3-17,29H2,1-2H3,(H,30,39)(H,31,34)(H,32,35)(H,33,38)(H,36,37)(H,40,41)(H,42,43)/t18-,19-,20+,21+/m0/s1. The summed E-state index contributed by atoms with van der Waals surface area (Å²) in [5.74, 6) is -6.87. The minimum absolute atomic E-state index is 0.0883. The summed E-state index contributed by atoms with van der Waals surface area (Å²) in [5.41, 5.74) is 5.43. The monoisotopic (exact) mass is 647 g/mol. The maximum absolute atomic E-state index is 12.5. The maximum atomic E-state index is 12.5. The lowest BCUT2D eigenvalue weighted by atomic mass is 10.1. The van der Waals surface area contributed by atoms with E-state index >= 15 is 0 Å². The van der Waals surface area contributed by atoms with E-state index < -0.39 is 72.8 Å². The van der Waals surface area contributed by atoms with Crippen molar-refractivity contribution in [1.29, 1.82) is 0 Å². The van der Waals surface area contributed by atoms with Gasteiger partial charge in [0.2, 0.25) is 23.6 Å². The third kappa shape index (κ3) is 20.5. The number of rotatable bonds is 26. The number of amides is 4. The number of aliphatic carboxylic acids is 3. The van der Waals surface area contributed by atoms with Crippen LogP contribution in [0, 0.1) is 0 Å². The van der Waals surface area contributed by atoms with Gasteiger partial charge < -0.3 is 42.3 Å². The summed E-state index contributed by atoms with van der Waals surface area (Å²) in [6, 6.07) is -4.95. The Morgan fingerprint density at radius 1 is 0.682 bits per heavy atom. The average Bonchev–Trinajstić information content (AvgIpc) is 2.95. The van der Waals surface area contributed by atoms with Crippen molar-refractivity contribution >= 4 is 53.3 Å². The molecular weight excluding hydrogens is 598 g/mol. The van der Waals surface area contributed by atoms with E-state index in [0.29, 0.717) is 6.42 Å². The fraction of sp³-hybridized carbons (Fsp3) is 0.750. The van der Waals surface area contributed by atoms with E-state index in [9.17, 15) is 38.7 Å². The summed E-state index contributed by atoms with van der Waals surface area (Å²) in [5, 5.41) is 36.5. The van der Waals surface area contributed by atoms with Crippen LogP contribution in [-0.2, 0) is 33.6 Å². The molecule has 0 aliphatic carbocycles. The molecule has 0 unspecified atom stereocenters.